The maximum Gasteiger partial charge on any atom is 0.338 e. The Morgan fingerprint density at radius 2 is 2.37 bits per heavy atom. The number of hydrogen-bond donors (Lipinski definition) is 2. The first-order chi connectivity index (χ1) is 9.11. The van der Waals surface area contributed by atoms with Crippen molar-refractivity contribution in [1.29, 1.82) is 0 Å². The van der Waals surface area contributed by atoms with Gasteiger partial charge in [-0.05, 0) is 38.0 Å². The molecule has 1 saturated heterocycles. The molecule has 1 atom stereocenters. The van der Waals surface area contributed by atoms with E-state index in [2.05, 4.69) is 0 Å². The number of carbonyl (C=O) groups excluding carboxylic acids is 1. The van der Waals surface area contributed by atoms with Crippen molar-refractivity contribution >= 4 is 17.3 Å². The van der Waals surface area contributed by atoms with Crippen molar-refractivity contribution < 1.29 is 14.6 Å². The molecular weight excluding hydrogens is 244 g/mol. The summed E-state index contributed by atoms with van der Waals surface area (Å²) in [6, 6.07) is 5.12. The van der Waals surface area contributed by atoms with Gasteiger partial charge in [0.1, 0.15) is 0 Å². The Labute approximate surface area is 113 Å². The second kappa shape index (κ2) is 5.93. The van der Waals surface area contributed by atoms with Gasteiger partial charge in [0.25, 0.3) is 0 Å². The number of nitrogens with zero attached hydrogens (tertiary/aromatic N) is 1. The Balaban J connectivity index is 2.23. The summed E-state index contributed by atoms with van der Waals surface area (Å²) in [5, 5.41) is 9.72. The van der Waals surface area contributed by atoms with Crippen molar-refractivity contribution in [3.8, 4) is 0 Å². The molecule has 1 aromatic carbocycles. The van der Waals surface area contributed by atoms with Crippen molar-refractivity contribution in [3.05, 3.63) is 23.8 Å². The van der Waals surface area contributed by atoms with Crippen molar-refractivity contribution in [3.63, 3.8) is 0 Å². The molecule has 2 rings (SSSR count). The van der Waals surface area contributed by atoms with E-state index in [9.17, 15) is 9.90 Å². The SMILES string of the molecule is CCOC(=O)c1ccc(N)c(N2CCCC(O)C2)c1. The summed E-state index contributed by atoms with van der Waals surface area (Å²) >= 11 is 0. The number of piperidine rings is 1. The lowest BCUT2D eigenvalue weighted by molar-refractivity contribution is 0.0526. The second-order valence-corrected chi connectivity index (χ2v) is 4.74. The molecule has 1 unspecified atom stereocenters. The lowest BCUT2D eigenvalue weighted by atomic mass is 10.1. The van der Waals surface area contributed by atoms with Gasteiger partial charge >= 0.3 is 5.97 Å². The van der Waals surface area contributed by atoms with Gasteiger partial charge in [0.05, 0.1) is 29.6 Å². The van der Waals surface area contributed by atoms with Gasteiger partial charge in [0.2, 0.25) is 0 Å². The number of esters is 1. The highest BCUT2D eigenvalue weighted by Crippen LogP contribution is 2.27. The topological polar surface area (TPSA) is 75.8 Å². The van der Waals surface area contributed by atoms with Crippen LogP contribution in [0, 0.1) is 0 Å². The van der Waals surface area contributed by atoms with E-state index < -0.39 is 0 Å². The van der Waals surface area contributed by atoms with E-state index in [4.69, 9.17) is 10.5 Å². The van der Waals surface area contributed by atoms with Crippen LogP contribution in [0.3, 0.4) is 0 Å². The van der Waals surface area contributed by atoms with E-state index in [0.717, 1.165) is 25.1 Å². The number of nitrogens with two attached hydrogens (primary N) is 1. The molecule has 0 saturated carbocycles. The molecule has 0 spiro atoms. The Morgan fingerprint density at radius 1 is 1.58 bits per heavy atom. The summed E-state index contributed by atoms with van der Waals surface area (Å²) in [5.74, 6) is -0.346. The number of carbonyl (C=O) groups is 1. The van der Waals surface area contributed by atoms with Gasteiger partial charge in [-0.2, -0.15) is 0 Å². The van der Waals surface area contributed by atoms with E-state index in [0.29, 0.717) is 24.4 Å². The maximum atomic E-state index is 11.7. The summed E-state index contributed by atoms with van der Waals surface area (Å²) < 4.78 is 4.98. The van der Waals surface area contributed by atoms with Crippen molar-refractivity contribution in [1.82, 2.24) is 0 Å². The van der Waals surface area contributed by atoms with Crippen LogP contribution in [0.25, 0.3) is 0 Å². The van der Waals surface area contributed by atoms with Gasteiger partial charge in [-0.25, -0.2) is 4.79 Å². The summed E-state index contributed by atoms with van der Waals surface area (Å²) in [5.41, 5.74) is 7.86. The number of β-amino-alcohol motifs (C(OH)–C–C–N with tert-alkyl or cyclic N) is 1. The Kier molecular flexibility index (Phi) is 4.27. The zero-order valence-electron chi connectivity index (χ0n) is 11.1. The molecule has 1 fully saturated rings. The summed E-state index contributed by atoms with van der Waals surface area (Å²) in [7, 11) is 0. The molecule has 0 bridgehead atoms. The second-order valence-electron chi connectivity index (χ2n) is 4.74. The molecule has 1 aromatic rings. The van der Waals surface area contributed by atoms with E-state index in [1.807, 2.05) is 4.90 Å². The van der Waals surface area contributed by atoms with Gasteiger partial charge in [-0.15, -0.1) is 0 Å². The van der Waals surface area contributed by atoms with Crippen molar-refractivity contribution in [2.45, 2.75) is 25.9 Å². The molecule has 5 heteroatoms. The molecule has 1 aliphatic rings. The monoisotopic (exact) mass is 264 g/mol. The standard InChI is InChI=1S/C14H20N2O3/c1-2-19-14(18)10-5-6-12(15)13(8-10)16-7-3-4-11(17)9-16/h5-6,8,11,17H,2-4,7,9,15H2,1H3. The Hall–Kier alpha value is -1.75. The fourth-order valence-corrected chi connectivity index (χ4v) is 2.33. The molecule has 1 heterocycles. The molecule has 5 nitrogen and oxygen atoms in total. The number of rotatable bonds is 3. The number of aliphatic hydroxyl groups is 1. The summed E-state index contributed by atoms with van der Waals surface area (Å²) in [6.07, 6.45) is 1.40. The van der Waals surface area contributed by atoms with Crippen LogP contribution in [0.1, 0.15) is 30.1 Å². The van der Waals surface area contributed by atoms with Crippen LogP contribution < -0.4 is 10.6 Å². The third kappa shape index (κ3) is 3.17. The lowest BCUT2D eigenvalue weighted by Crippen LogP contribution is -2.38. The van der Waals surface area contributed by atoms with Crippen molar-refractivity contribution in [2.75, 3.05) is 30.3 Å². The Morgan fingerprint density at radius 3 is 3.05 bits per heavy atom. The molecule has 104 valence electrons. The quantitative estimate of drug-likeness (QED) is 0.637. The number of ether oxygens (including phenoxy) is 1. The van der Waals surface area contributed by atoms with Crippen LogP contribution >= 0.6 is 0 Å². The molecule has 0 amide bonds. The van der Waals surface area contributed by atoms with E-state index in [-0.39, 0.29) is 12.1 Å². The van der Waals surface area contributed by atoms with Crippen LogP contribution in [0.15, 0.2) is 18.2 Å². The fraction of sp³-hybridized carbons (Fsp3) is 0.500. The van der Waals surface area contributed by atoms with Gasteiger partial charge in [-0.3, -0.25) is 0 Å². The first-order valence-electron chi connectivity index (χ1n) is 6.61. The van der Waals surface area contributed by atoms with Crippen molar-refractivity contribution in [2.24, 2.45) is 0 Å². The molecule has 3 N–H and O–H groups in total. The molecule has 1 aliphatic heterocycles. The number of aliphatic hydroxyl groups excluding tert-OH is 1. The van der Waals surface area contributed by atoms with Gasteiger partial charge < -0.3 is 20.5 Å². The van der Waals surface area contributed by atoms with Crippen LogP contribution in [0.2, 0.25) is 0 Å². The first kappa shape index (κ1) is 13.7. The largest absolute Gasteiger partial charge is 0.462 e. The molecule has 19 heavy (non-hydrogen) atoms. The van der Waals surface area contributed by atoms with Gasteiger partial charge in [-0.1, -0.05) is 0 Å². The first-order valence-corrected chi connectivity index (χ1v) is 6.61. The van der Waals surface area contributed by atoms with Crippen LogP contribution in [0.5, 0.6) is 0 Å². The van der Waals surface area contributed by atoms with E-state index in [1.54, 1.807) is 25.1 Å². The summed E-state index contributed by atoms with van der Waals surface area (Å²) in [6.45, 7) is 3.52. The highest BCUT2D eigenvalue weighted by atomic mass is 16.5. The molecule has 0 radical (unpaired) electrons. The predicted molar refractivity (Wildman–Crippen MR) is 74.3 cm³/mol. The molecule has 0 aliphatic carbocycles. The minimum Gasteiger partial charge on any atom is -0.462 e. The zero-order valence-corrected chi connectivity index (χ0v) is 11.1. The van der Waals surface area contributed by atoms with Gasteiger partial charge in [0, 0.05) is 13.1 Å². The third-order valence-corrected chi connectivity index (χ3v) is 3.28. The number of hydrogen-bond acceptors (Lipinski definition) is 5. The highest BCUT2D eigenvalue weighted by Gasteiger charge is 2.20. The van der Waals surface area contributed by atoms with Gasteiger partial charge in [0.15, 0.2) is 0 Å². The average Bonchev–Trinajstić information content (AvgIpc) is 2.39. The number of benzene rings is 1. The Bertz CT molecular complexity index is 462. The number of nitrogen functional groups attached to an aromatic ring is 1. The summed E-state index contributed by atoms with van der Waals surface area (Å²) in [4.78, 5) is 13.7. The maximum absolute atomic E-state index is 11.7. The van der Waals surface area contributed by atoms with Crippen LogP contribution in [-0.2, 0) is 4.74 Å². The van der Waals surface area contributed by atoms with E-state index >= 15 is 0 Å². The van der Waals surface area contributed by atoms with Crippen LogP contribution in [-0.4, -0.2) is 36.9 Å². The number of anilines is 2. The smallest absolute Gasteiger partial charge is 0.338 e. The predicted octanol–water partition coefficient (Wildman–Crippen LogP) is 1.41. The average molecular weight is 264 g/mol. The highest BCUT2D eigenvalue weighted by molar-refractivity contribution is 5.92. The zero-order chi connectivity index (χ0) is 13.8. The minimum absolute atomic E-state index is 0.334. The van der Waals surface area contributed by atoms with E-state index in [1.165, 1.54) is 0 Å². The molecular formula is C14H20N2O3. The molecule has 0 aromatic heterocycles. The normalized spacial score (nSPS) is 19.3. The minimum atomic E-state index is -0.346. The lowest BCUT2D eigenvalue weighted by Gasteiger charge is -2.32. The van der Waals surface area contributed by atoms with Crippen LogP contribution in [0.4, 0.5) is 11.4 Å². The fourth-order valence-electron chi connectivity index (χ4n) is 2.33. The third-order valence-electron chi connectivity index (χ3n) is 3.28.